The van der Waals surface area contributed by atoms with E-state index in [-0.39, 0.29) is 0 Å². The zero-order valence-corrected chi connectivity index (χ0v) is 13.2. The first-order valence-electron chi connectivity index (χ1n) is 6.76. The fourth-order valence-electron chi connectivity index (χ4n) is 2.33. The summed E-state index contributed by atoms with van der Waals surface area (Å²) in [5, 5.41) is 13.4. The fourth-order valence-corrected chi connectivity index (χ4v) is 2.83. The fraction of sp³-hybridized carbons (Fsp3) is 0.0588. The van der Waals surface area contributed by atoms with E-state index in [9.17, 15) is 9.90 Å². The molecule has 2 aromatic carbocycles. The molecule has 22 heavy (non-hydrogen) atoms. The van der Waals surface area contributed by atoms with E-state index in [1.807, 2.05) is 54.6 Å². The summed E-state index contributed by atoms with van der Waals surface area (Å²) in [6.45, 7) is 0. The predicted octanol–water partition coefficient (Wildman–Crippen LogP) is 4.43. The first-order chi connectivity index (χ1) is 10.6. The quantitative estimate of drug-likeness (QED) is 0.755. The van der Waals surface area contributed by atoms with Crippen molar-refractivity contribution in [2.45, 2.75) is 6.42 Å². The van der Waals surface area contributed by atoms with E-state index in [0.717, 1.165) is 31.5 Å². The number of nitrogens with zero attached hydrogens (tertiary/aromatic N) is 2. The molecule has 0 spiro atoms. The van der Waals surface area contributed by atoms with E-state index < -0.39 is 6.09 Å². The highest BCUT2D eigenvalue weighted by molar-refractivity contribution is 9.10. The Morgan fingerprint density at radius 3 is 2.41 bits per heavy atom. The van der Waals surface area contributed by atoms with Crippen LogP contribution < -0.4 is 0 Å². The van der Waals surface area contributed by atoms with Crippen molar-refractivity contribution in [3.8, 4) is 11.1 Å². The molecule has 0 radical (unpaired) electrons. The molecular weight excluding hydrogens is 344 g/mol. The van der Waals surface area contributed by atoms with Crippen LogP contribution in [0.15, 0.2) is 65.3 Å². The standard InChI is InChI=1S/C17H13BrN2O2/c18-15-9-5-4-8-13(15)14-11-20(17(21)22)19-16(14)10-12-6-2-1-3-7-12/h1-9,11H,10H2,(H,21,22). The molecule has 3 rings (SSSR count). The van der Waals surface area contributed by atoms with Crippen LogP contribution in [0.2, 0.25) is 0 Å². The van der Waals surface area contributed by atoms with Crippen LogP contribution in [-0.2, 0) is 6.42 Å². The number of aromatic nitrogens is 2. The van der Waals surface area contributed by atoms with Crippen LogP contribution in [0.4, 0.5) is 4.79 Å². The molecule has 1 heterocycles. The van der Waals surface area contributed by atoms with Crippen LogP contribution in [0.3, 0.4) is 0 Å². The van der Waals surface area contributed by atoms with Crippen molar-refractivity contribution in [2.24, 2.45) is 0 Å². The first-order valence-corrected chi connectivity index (χ1v) is 7.55. The minimum absolute atomic E-state index is 0.581. The number of carbonyl (C=O) groups is 1. The minimum atomic E-state index is -1.09. The van der Waals surface area contributed by atoms with Gasteiger partial charge in [0.1, 0.15) is 0 Å². The Hall–Kier alpha value is -2.40. The maximum atomic E-state index is 11.2. The molecule has 4 nitrogen and oxygen atoms in total. The van der Waals surface area contributed by atoms with Crippen molar-refractivity contribution in [1.82, 2.24) is 9.78 Å². The topological polar surface area (TPSA) is 55.1 Å². The number of hydrogen-bond acceptors (Lipinski definition) is 2. The van der Waals surface area contributed by atoms with Crippen LogP contribution in [-0.4, -0.2) is 21.0 Å². The van der Waals surface area contributed by atoms with E-state index in [1.54, 1.807) is 6.20 Å². The summed E-state index contributed by atoms with van der Waals surface area (Å²) in [5.74, 6) is 0. The third kappa shape index (κ3) is 2.94. The van der Waals surface area contributed by atoms with Gasteiger partial charge in [-0.3, -0.25) is 0 Å². The third-order valence-corrected chi connectivity index (χ3v) is 4.06. The summed E-state index contributed by atoms with van der Waals surface area (Å²) in [6, 6.07) is 17.6. The zero-order valence-electron chi connectivity index (χ0n) is 11.6. The molecule has 110 valence electrons. The van der Waals surface area contributed by atoms with Crippen LogP contribution in [0.1, 0.15) is 11.3 Å². The second-order valence-electron chi connectivity index (χ2n) is 4.86. The Kier molecular flexibility index (Phi) is 4.06. The molecule has 0 bridgehead atoms. The highest BCUT2D eigenvalue weighted by atomic mass is 79.9. The van der Waals surface area contributed by atoms with E-state index in [4.69, 9.17) is 0 Å². The van der Waals surface area contributed by atoms with Crippen LogP contribution in [0.25, 0.3) is 11.1 Å². The number of carboxylic acid groups (broad SMARTS) is 1. The highest BCUT2D eigenvalue weighted by Gasteiger charge is 2.16. The van der Waals surface area contributed by atoms with Crippen molar-refractivity contribution in [3.63, 3.8) is 0 Å². The van der Waals surface area contributed by atoms with Crippen molar-refractivity contribution in [3.05, 3.63) is 76.5 Å². The van der Waals surface area contributed by atoms with Gasteiger partial charge in [-0.1, -0.05) is 64.5 Å². The van der Waals surface area contributed by atoms with Crippen molar-refractivity contribution < 1.29 is 9.90 Å². The van der Waals surface area contributed by atoms with Crippen LogP contribution >= 0.6 is 15.9 Å². The number of rotatable bonds is 3. The van der Waals surface area contributed by atoms with E-state index in [1.165, 1.54) is 0 Å². The molecule has 3 aromatic rings. The summed E-state index contributed by atoms with van der Waals surface area (Å²) in [5.41, 5.74) is 3.58. The number of halogens is 1. The lowest BCUT2D eigenvalue weighted by atomic mass is 10.0. The summed E-state index contributed by atoms with van der Waals surface area (Å²) in [4.78, 5) is 11.2. The predicted molar refractivity (Wildman–Crippen MR) is 88.0 cm³/mol. The Morgan fingerprint density at radius 1 is 1.05 bits per heavy atom. The molecule has 0 aliphatic heterocycles. The second-order valence-corrected chi connectivity index (χ2v) is 5.71. The third-order valence-electron chi connectivity index (χ3n) is 3.37. The highest BCUT2D eigenvalue weighted by Crippen LogP contribution is 2.31. The molecule has 0 aliphatic carbocycles. The number of hydrogen-bond donors (Lipinski definition) is 1. The van der Waals surface area contributed by atoms with Crippen LogP contribution in [0, 0.1) is 0 Å². The molecule has 0 atom stereocenters. The molecule has 1 aromatic heterocycles. The van der Waals surface area contributed by atoms with Gasteiger partial charge < -0.3 is 5.11 Å². The van der Waals surface area contributed by atoms with Crippen LogP contribution in [0.5, 0.6) is 0 Å². The first kappa shape index (κ1) is 14.5. The molecule has 0 amide bonds. The van der Waals surface area contributed by atoms with Gasteiger partial charge in [-0.05, 0) is 17.2 Å². The van der Waals surface area contributed by atoms with E-state index in [0.29, 0.717) is 6.42 Å². The molecule has 5 heteroatoms. The van der Waals surface area contributed by atoms with Gasteiger partial charge in [0.25, 0.3) is 0 Å². The van der Waals surface area contributed by atoms with Gasteiger partial charge in [0.05, 0.1) is 5.69 Å². The average molecular weight is 357 g/mol. The van der Waals surface area contributed by atoms with Crippen molar-refractivity contribution in [2.75, 3.05) is 0 Å². The molecule has 1 N–H and O–H groups in total. The maximum Gasteiger partial charge on any atom is 0.432 e. The molecule has 0 saturated heterocycles. The van der Waals surface area contributed by atoms with E-state index in [2.05, 4.69) is 21.0 Å². The summed E-state index contributed by atoms with van der Waals surface area (Å²) in [7, 11) is 0. The minimum Gasteiger partial charge on any atom is -0.463 e. The van der Waals surface area contributed by atoms with Crippen molar-refractivity contribution in [1.29, 1.82) is 0 Å². The second kappa shape index (κ2) is 6.15. The maximum absolute atomic E-state index is 11.2. The molecule has 0 unspecified atom stereocenters. The SMILES string of the molecule is O=C(O)n1cc(-c2ccccc2Br)c(Cc2ccccc2)n1. The Labute approximate surface area is 136 Å². The lowest BCUT2D eigenvalue weighted by Gasteiger charge is -2.05. The zero-order chi connectivity index (χ0) is 15.5. The Morgan fingerprint density at radius 2 is 1.73 bits per heavy atom. The Balaban J connectivity index is 2.09. The largest absolute Gasteiger partial charge is 0.463 e. The summed E-state index contributed by atoms with van der Waals surface area (Å²) >= 11 is 3.51. The Bertz CT molecular complexity index is 813. The van der Waals surface area contributed by atoms with Gasteiger partial charge in [0, 0.05) is 22.7 Å². The monoisotopic (exact) mass is 356 g/mol. The number of benzene rings is 2. The average Bonchev–Trinajstić information content (AvgIpc) is 2.93. The van der Waals surface area contributed by atoms with Gasteiger partial charge in [-0.15, -0.1) is 0 Å². The summed E-state index contributed by atoms with van der Waals surface area (Å²) < 4.78 is 1.88. The van der Waals surface area contributed by atoms with E-state index >= 15 is 0 Å². The summed E-state index contributed by atoms with van der Waals surface area (Å²) in [6.07, 6.45) is 1.05. The van der Waals surface area contributed by atoms with Gasteiger partial charge in [0.15, 0.2) is 0 Å². The molecular formula is C17H13BrN2O2. The normalized spacial score (nSPS) is 10.6. The molecule has 0 saturated carbocycles. The molecule has 0 aliphatic rings. The smallest absolute Gasteiger partial charge is 0.432 e. The lowest BCUT2D eigenvalue weighted by Crippen LogP contribution is -2.08. The van der Waals surface area contributed by atoms with Gasteiger partial charge >= 0.3 is 6.09 Å². The van der Waals surface area contributed by atoms with Gasteiger partial charge in [-0.2, -0.15) is 9.78 Å². The van der Waals surface area contributed by atoms with Gasteiger partial charge in [0.2, 0.25) is 0 Å². The molecule has 0 fully saturated rings. The van der Waals surface area contributed by atoms with Crippen molar-refractivity contribution >= 4 is 22.0 Å². The lowest BCUT2D eigenvalue weighted by molar-refractivity contribution is 0.192. The van der Waals surface area contributed by atoms with Gasteiger partial charge in [-0.25, -0.2) is 4.79 Å².